The van der Waals surface area contributed by atoms with E-state index in [2.05, 4.69) is 15.9 Å². The SMILES string of the molecule is CC(C)(C)C(=O)/C(C#N)=C/c1ccc(Br)cc1. The summed E-state index contributed by atoms with van der Waals surface area (Å²) in [4.78, 5) is 12.0. The highest BCUT2D eigenvalue weighted by atomic mass is 79.9. The van der Waals surface area contributed by atoms with Crippen LogP contribution in [0.1, 0.15) is 26.3 Å². The van der Waals surface area contributed by atoms with Crippen LogP contribution in [0.3, 0.4) is 0 Å². The van der Waals surface area contributed by atoms with Crippen LogP contribution in [0.2, 0.25) is 0 Å². The Bertz CT molecular complexity index is 486. The molecule has 17 heavy (non-hydrogen) atoms. The van der Waals surface area contributed by atoms with Crippen LogP contribution in [0.25, 0.3) is 6.08 Å². The average molecular weight is 292 g/mol. The number of carbonyl (C=O) groups excluding carboxylic acids is 1. The first-order valence-corrected chi connectivity index (χ1v) is 6.06. The maximum atomic E-state index is 12.0. The highest BCUT2D eigenvalue weighted by Crippen LogP contribution is 2.21. The highest BCUT2D eigenvalue weighted by Gasteiger charge is 2.24. The summed E-state index contributed by atoms with van der Waals surface area (Å²) in [5.74, 6) is -0.136. The second-order valence-electron chi connectivity index (χ2n) is 4.80. The van der Waals surface area contributed by atoms with Gasteiger partial charge in [0, 0.05) is 9.89 Å². The number of Topliss-reactive ketones (excluding diaryl/α,β-unsaturated/α-hetero) is 1. The van der Waals surface area contributed by atoms with E-state index in [0.29, 0.717) is 0 Å². The molecule has 0 radical (unpaired) electrons. The molecule has 0 saturated carbocycles. The van der Waals surface area contributed by atoms with Crippen LogP contribution in [0.15, 0.2) is 34.3 Å². The van der Waals surface area contributed by atoms with Gasteiger partial charge in [0.15, 0.2) is 5.78 Å². The van der Waals surface area contributed by atoms with Gasteiger partial charge in [-0.1, -0.05) is 48.8 Å². The van der Waals surface area contributed by atoms with Crippen molar-refractivity contribution in [2.45, 2.75) is 20.8 Å². The van der Waals surface area contributed by atoms with E-state index < -0.39 is 5.41 Å². The molecule has 88 valence electrons. The van der Waals surface area contributed by atoms with Crippen molar-refractivity contribution in [2.75, 3.05) is 0 Å². The fraction of sp³-hybridized carbons (Fsp3) is 0.286. The number of hydrogen-bond acceptors (Lipinski definition) is 2. The van der Waals surface area contributed by atoms with Gasteiger partial charge in [-0.3, -0.25) is 4.79 Å². The van der Waals surface area contributed by atoms with Gasteiger partial charge in [0.25, 0.3) is 0 Å². The molecule has 0 unspecified atom stereocenters. The average Bonchev–Trinajstić information content (AvgIpc) is 2.26. The Kier molecular flexibility index (Phi) is 4.25. The van der Waals surface area contributed by atoms with E-state index >= 15 is 0 Å². The van der Waals surface area contributed by atoms with Crippen molar-refractivity contribution in [3.8, 4) is 6.07 Å². The third-order valence-electron chi connectivity index (χ3n) is 2.23. The zero-order valence-electron chi connectivity index (χ0n) is 10.1. The van der Waals surface area contributed by atoms with Gasteiger partial charge < -0.3 is 0 Å². The number of hydrogen-bond donors (Lipinski definition) is 0. The summed E-state index contributed by atoms with van der Waals surface area (Å²) in [6.45, 7) is 5.42. The summed E-state index contributed by atoms with van der Waals surface area (Å²) >= 11 is 3.34. The zero-order valence-corrected chi connectivity index (χ0v) is 11.7. The predicted molar refractivity (Wildman–Crippen MR) is 72.2 cm³/mol. The first kappa shape index (κ1) is 13.7. The normalized spacial score (nSPS) is 12.1. The molecule has 0 bridgehead atoms. The van der Waals surface area contributed by atoms with Gasteiger partial charge in [-0.05, 0) is 23.8 Å². The van der Waals surface area contributed by atoms with Crippen molar-refractivity contribution in [1.29, 1.82) is 5.26 Å². The Morgan fingerprint density at radius 1 is 1.29 bits per heavy atom. The molecule has 0 saturated heterocycles. The third kappa shape index (κ3) is 3.83. The largest absolute Gasteiger partial charge is 0.293 e. The number of allylic oxidation sites excluding steroid dienone is 1. The zero-order chi connectivity index (χ0) is 13.1. The Morgan fingerprint density at radius 3 is 2.24 bits per heavy atom. The minimum Gasteiger partial charge on any atom is -0.293 e. The molecule has 0 atom stereocenters. The van der Waals surface area contributed by atoms with Crippen LogP contribution in [0.4, 0.5) is 0 Å². The molecule has 0 aliphatic heterocycles. The molecule has 2 nitrogen and oxygen atoms in total. The summed E-state index contributed by atoms with van der Waals surface area (Å²) in [6.07, 6.45) is 1.63. The second kappa shape index (κ2) is 5.29. The van der Waals surface area contributed by atoms with Gasteiger partial charge in [0.05, 0.1) is 5.57 Å². The third-order valence-corrected chi connectivity index (χ3v) is 2.76. The number of halogens is 1. The van der Waals surface area contributed by atoms with Crippen LogP contribution in [-0.2, 0) is 4.79 Å². The van der Waals surface area contributed by atoms with Gasteiger partial charge in [0.1, 0.15) is 6.07 Å². The molecule has 0 aromatic heterocycles. The number of ketones is 1. The molecule has 0 aliphatic rings. The molecule has 0 fully saturated rings. The van der Waals surface area contributed by atoms with Crippen molar-refractivity contribution in [2.24, 2.45) is 5.41 Å². The van der Waals surface area contributed by atoms with Gasteiger partial charge in [0.2, 0.25) is 0 Å². The quantitative estimate of drug-likeness (QED) is 0.611. The molecule has 3 heteroatoms. The van der Waals surface area contributed by atoms with E-state index in [1.807, 2.05) is 51.1 Å². The minimum absolute atomic E-state index is 0.136. The number of carbonyl (C=O) groups is 1. The molecular formula is C14H14BrNO. The molecule has 0 heterocycles. The van der Waals surface area contributed by atoms with E-state index in [-0.39, 0.29) is 11.4 Å². The summed E-state index contributed by atoms with van der Waals surface area (Å²) in [5, 5.41) is 9.03. The second-order valence-corrected chi connectivity index (χ2v) is 5.72. The Balaban J connectivity index is 3.08. The van der Waals surface area contributed by atoms with Crippen molar-refractivity contribution in [1.82, 2.24) is 0 Å². The summed E-state index contributed by atoms with van der Waals surface area (Å²) < 4.78 is 0.968. The molecule has 0 aliphatic carbocycles. The van der Waals surface area contributed by atoms with Crippen molar-refractivity contribution in [3.63, 3.8) is 0 Å². The van der Waals surface area contributed by atoms with Crippen LogP contribution >= 0.6 is 15.9 Å². The van der Waals surface area contributed by atoms with E-state index in [0.717, 1.165) is 10.0 Å². The maximum absolute atomic E-state index is 12.0. The van der Waals surface area contributed by atoms with E-state index in [1.54, 1.807) is 6.08 Å². The number of nitriles is 1. The van der Waals surface area contributed by atoms with Gasteiger partial charge in [-0.25, -0.2) is 0 Å². The summed E-state index contributed by atoms with van der Waals surface area (Å²) in [5.41, 5.74) is 0.513. The maximum Gasteiger partial charge on any atom is 0.178 e. The monoisotopic (exact) mass is 291 g/mol. The highest BCUT2D eigenvalue weighted by molar-refractivity contribution is 9.10. The van der Waals surface area contributed by atoms with Crippen molar-refractivity contribution >= 4 is 27.8 Å². The lowest BCUT2D eigenvalue weighted by molar-refractivity contribution is -0.121. The van der Waals surface area contributed by atoms with Crippen LogP contribution < -0.4 is 0 Å². The first-order chi connectivity index (χ1) is 7.84. The fourth-order valence-electron chi connectivity index (χ4n) is 1.28. The first-order valence-electron chi connectivity index (χ1n) is 5.27. The predicted octanol–water partition coefficient (Wildman–Crippen LogP) is 3.97. The van der Waals surface area contributed by atoms with E-state index in [4.69, 9.17) is 5.26 Å². The molecular weight excluding hydrogens is 278 g/mol. The lowest BCUT2D eigenvalue weighted by atomic mass is 9.86. The minimum atomic E-state index is -0.531. The fourth-order valence-corrected chi connectivity index (χ4v) is 1.54. The molecule has 1 aromatic carbocycles. The van der Waals surface area contributed by atoms with E-state index in [1.165, 1.54) is 0 Å². The summed E-state index contributed by atoms with van der Waals surface area (Å²) in [6, 6.07) is 9.44. The molecule has 1 rings (SSSR count). The molecule has 0 N–H and O–H groups in total. The number of rotatable bonds is 2. The standard InChI is InChI=1S/C14H14BrNO/c1-14(2,3)13(17)11(9-16)8-10-4-6-12(15)7-5-10/h4-8H,1-3H3/b11-8+. The van der Waals surface area contributed by atoms with Crippen LogP contribution in [0, 0.1) is 16.7 Å². The topological polar surface area (TPSA) is 40.9 Å². The van der Waals surface area contributed by atoms with Gasteiger partial charge >= 0.3 is 0 Å². The smallest absolute Gasteiger partial charge is 0.178 e. The Labute approximate surface area is 110 Å². The molecule has 1 aromatic rings. The molecule has 0 amide bonds. The Hall–Kier alpha value is -1.40. The van der Waals surface area contributed by atoms with Crippen LogP contribution in [-0.4, -0.2) is 5.78 Å². The molecule has 0 spiro atoms. The number of nitrogens with zero attached hydrogens (tertiary/aromatic N) is 1. The van der Waals surface area contributed by atoms with Crippen LogP contribution in [0.5, 0.6) is 0 Å². The van der Waals surface area contributed by atoms with Gasteiger partial charge in [-0.15, -0.1) is 0 Å². The van der Waals surface area contributed by atoms with E-state index in [9.17, 15) is 4.79 Å². The van der Waals surface area contributed by atoms with Crippen molar-refractivity contribution in [3.05, 3.63) is 39.9 Å². The van der Waals surface area contributed by atoms with Gasteiger partial charge in [-0.2, -0.15) is 5.26 Å². The lowest BCUT2D eigenvalue weighted by Gasteiger charge is -2.15. The number of benzene rings is 1. The Morgan fingerprint density at radius 2 is 1.82 bits per heavy atom. The summed E-state index contributed by atoms with van der Waals surface area (Å²) in [7, 11) is 0. The van der Waals surface area contributed by atoms with Crippen molar-refractivity contribution < 1.29 is 4.79 Å². The lowest BCUT2D eigenvalue weighted by Crippen LogP contribution is -2.21.